The summed E-state index contributed by atoms with van der Waals surface area (Å²) in [5, 5.41) is 13.4. The van der Waals surface area contributed by atoms with Crippen LogP contribution in [0.1, 0.15) is 70.9 Å². The Morgan fingerprint density at radius 1 is 0.975 bits per heavy atom. The normalized spacial score (nSPS) is 14.8. The highest BCUT2D eigenvalue weighted by Crippen LogP contribution is 2.44. The maximum atomic E-state index is 10.9. The first-order chi connectivity index (χ1) is 19.1. The molecule has 214 valence electrons. The van der Waals surface area contributed by atoms with Gasteiger partial charge in [0.25, 0.3) is 0 Å². The number of anilines is 1. The fourth-order valence-electron chi connectivity index (χ4n) is 5.91. The van der Waals surface area contributed by atoms with Crippen molar-refractivity contribution in [2.75, 3.05) is 30.3 Å². The molecule has 1 aliphatic rings. The minimum atomic E-state index is -4.20. The Hall–Kier alpha value is -3.16. The number of fused-ring (bicyclic) bond motifs is 3. The van der Waals surface area contributed by atoms with Crippen LogP contribution < -0.4 is 4.90 Å². The van der Waals surface area contributed by atoms with Crippen LogP contribution in [0.25, 0.3) is 16.8 Å². The third kappa shape index (κ3) is 6.58. The van der Waals surface area contributed by atoms with Gasteiger partial charge in [-0.3, -0.25) is 0 Å². The predicted molar refractivity (Wildman–Crippen MR) is 165 cm³/mol. The van der Waals surface area contributed by atoms with E-state index in [2.05, 4.69) is 73.9 Å². The molecule has 0 radical (unpaired) electrons. The lowest BCUT2D eigenvalue weighted by atomic mass is 9.79. The number of hydrogen-bond acceptors (Lipinski definition) is 5. The Bertz CT molecular complexity index is 1520. The van der Waals surface area contributed by atoms with Crippen LogP contribution in [0.5, 0.6) is 5.75 Å². The molecule has 3 aromatic rings. The Kier molecular flexibility index (Phi) is 9.37. The van der Waals surface area contributed by atoms with E-state index in [9.17, 15) is 18.1 Å². The number of rotatable bonds is 13. The first-order valence-corrected chi connectivity index (χ1v) is 16.0. The van der Waals surface area contributed by atoms with Gasteiger partial charge in [0.05, 0.1) is 21.2 Å². The van der Waals surface area contributed by atoms with E-state index in [-0.39, 0.29) is 16.9 Å². The van der Waals surface area contributed by atoms with Gasteiger partial charge in [0.1, 0.15) is 12.3 Å². The quantitative estimate of drug-likeness (QED) is 0.138. The summed E-state index contributed by atoms with van der Waals surface area (Å²) >= 11 is 0. The first-order valence-electron chi connectivity index (χ1n) is 14.4. The lowest BCUT2D eigenvalue weighted by Crippen LogP contribution is -2.28. The molecule has 0 fully saturated rings. The van der Waals surface area contributed by atoms with Crippen molar-refractivity contribution in [3.8, 4) is 5.75 Å². The van der Waals surface area contributed by atoms with E-state index in [1.807, 2.05) is 24.0 Å². The summed E-state index contributed by atoms with van der Waals surface area (Å²) in [6, 6.07) is 18.8. The molecule has 0 bridgehead atoms. The summed E-state index contributed by atoms with van der Waals surface area (Å²) in [5.41, 5.74) is 5.33. The van der Waals surface area contributed by atoms with Gasteiger partial charge in [-0.1, -0.05) is 43.7 Å². The van der Waals surface area contributed by atoms with Crippen molar-refractivity contribution in [3.63, 3.8) is 0 Å². The summed E-state index contributed by atoms with van der Waals surface area (Å²) in [6.45, 7) is 11.0. The van der Waals surface area contributed by atoms with Gasteiger partial charge in [-0.15, -0.1) is 0 Å². The third-order valence-electron chi connectivity index (χ3n) is 7.97. The summed E-state index contributed by atoms with van der Waals surface area (Å²) < 4.78 is 35.2. The highest BCUT2D eigenvalue weighted by atomic mass is 32.2. The van der Waals surface area contributed by atoms with Crippen LogP contribution in [-0.2, 0) is 15.5 Å². The molecule has 0 atom stereocenters. The van der Waals surface area contributed by atoms with E-state index in [1.165, 1.54) is 40.6 Å². The van der Waals surface area contributed by atoms with Crippen LogP contribution in [0.3, 0.4) is 0 Å². The molecule has 0 unspecified atom stereocenters. The molecule has 1 heterocycles. The van der Waals surface area contributed by atoms with Gasteiger partial charge < -0.3 is 14.6 Å². The average molecular weight is 563 g/mol. The highest BCUT2D eigenvalue weighted by molar-refractivity contribution is 7.85. The molecule has 0 amide bonds. The molecule has 7 heteroatoms. The Morgan fingerprint density at radius 2 is 1.75 bits per heavy atom. The highest BCUT2D eigenvalue weighted by Gasteiger charge is 2.45. The molecule has 0 spiro atoms. The van der Waals surface area contributed by atoms with Crippen molar-refractivity contribution < 1.29 is 22.7 Å². The topological polar surface area (TPSA) is 83.7 Å². The van der Waals surface area contributed by atoms with E-state index in [1.54, 1.807) is 6.07 Å². The zero-order valence-electron chi connectivity index (χ0n) is 24.2. The van der Waals surface area contributed by atoms with E-state index in [0.717, 1.165) is 18.5 Å². The summed E-state index contributed by atoms with van der Waals surface area (Å²) in [7, 11) is -4.20. The summed E-state index contributed by atoms with van der Waals surface area (Å²) in [6.07, 6.45) is 8.64. The molecule has 6 nitrogen and oxygen atoms in total. The molecule has 0 saturated heterocycles. The van der Waals surface area contributed by atoms with Gasteiger partial charge in [0.2, 0.25) is 5.69 Å². The molecule has 3 aromatic carbocycles. The van der Waals surface area contributed by atoms with Crippen molar-refractivity contribution in [1.82, 2.24) is 0 Å². The molecule has 0 aliphatic carbocycles. The van der Waals surface area contributed by atoms with Crippen LogP contribution in [0.15, 0.2) is 60.7 Å². The Balaban J connectivity index is 1.61. The summed E-state index contributed by atoms with van der Waals surface area (Å²) in [5.74, 6) is -0.171. The minimum Gasteiger partial charge on any atom is -0.748 e. The van der Waals surface area contributed by atoms with Crippen molar-refractivity contribution >= 4 is 44.1 Å². The number of nitrogens with zero attached hydrogens (tertiary/aromatic N) is 2. The number of allylic oxidation sites excluding steroid dienone is 1. The van der Waals surface area contributed by atoms with Crippen LogP contribution in [0.2, 0.25) is 0 Å². The number of phenols is 1. The predicted octanol–water partition coefficient (Wildman–Crippen LogP) is 6.98. The molecule has 1 aliphatic heterocycles. The van der Waals surface area contributed by atoms with Crippen molar-refractivity contribution in [2.45, 2.75) is 65.2 Å². The molecular formula is C33H42N2O4S. The molecular weight excluding hydrogens is 520 g/mol. The van der Waals surface area contributed by atoms with Crippen LogP contribution in [0, 0.1) is 0 Å². The van der Waals surface area contributed by atoms with E-state index < -0.39 is 10.1 Å². The van der Waals surface area contributed by atoms with Crippen molar-refractivity contribution in [1.29, 1.82) is 0 Å². The molecule has 0 saturated carbocycles. The molecule has 40 heavy (non-hydrogen) atoms. The first kappa shape index (κ1) is 29.8. The monoisotopic (exact) mass is 562 g/mol. The maximum absolute atomic E-state index is 10.9. The van der Waals surface area contributed by atoms with Gasteiger partial charge in [-0.2, -0.15) is 4.58 Å². The van der Waals surface area contributed by atoms with Gasteiger partial charge in [-0.05, 0) is 80.6 Å². The lowest BCUT2D eigenvalue weighted by molar-refractivity contribution is -0.438. The van der Waals surface area contributed by atoms with Crippen molar-refractivity contribution in [3.05, 3.63) is 71.8 Å². The second-order valence-electron chi connectivity index (χ2n) is 11.2. The summed E-state index contributed by atoms with van der Waals surface area (Å²) in [4.78, 5) is 2.01. The SMILES string of the molecule is CCCCC[N+]1=C(/C=C/c2ccc(N(CC)CCCCS(=O)(=O)[O-])c(O)c2)C(C)(C)c2c1ccc1ccccc21. The van der Waals surface area contributed by atoms with Crippen LogP contribution >= 0.6 is 0 Å². The average Bonchev–Trinajstić information content (AvgIpc) is 3.13. The minimum absolute atomic E-state index is 0.183. The fraction of sp³-hybridized carbons (Fsp3) is 0.424. The smallest absolute Gasteiger partial charge is 0.210 e. The third-order valence-corrected chi connectivity index (χ3v) is 8.76. The van der Waals surface area contributed by atoms with Crippen LogP contribution in [0.4, 0.5) is 11.4 Å². The number of unbranched alkanes of at least 4 members (excludes halogenated alkanes) is 3. The fourth-order valence-corrected chi connectivity index (χ4v) is 6.47. The zero-order chi connectivity index (χ0) is 28.9. The zero-order valence-corrected chi connectivity index (χ0v) is 25.0. The molecule has 1 N–H and O–H groups in total. The largest absolute Gasteiger partial charge is 0.748 e. The molecule has 0 aromatic heterocycles. The Morgan fingerprint density at radius 3 is 2.45 bits per heavy atom. The maximum Gasteiger partial charge on any atom is 0.210 e. The van der Waals surface area contributed by atoms with E-state index in [0.29, 0.717) is 31.6 Å². The number of aromatic hydroxyl groups is 1. The lowest BCUT2D eigenvalue weighted by Gasteiger charge is -2.24. The number of phenolic OH excluding ortho intramolecular Hbond substituents is 1. The second kappa shape index (κ2) is 12.6. The Labute approximate surface area is 239 Å². The van der Waals surface area contributed by atoms with Crippen molar-refractivity contribution in [2.24, 2.45) is 0 Å². The van der Waals surface area contributed by atoms with Gasteiger partial charge in [0, 0.05) is 43.0 Å². The van der Waals surface area contributed by atoms with Gasteiger partial charge in [0.15, 0.2) is 5.71 Å². The van der Waals surface area contributed by atoms with Gasteiger partial charge in [-0.25, -0.2) is 8.42 Å². The standard InChI is InChI=1S/C33H42N2O4S/c1-5-7-10-22-35-29-19-17-26-13-8-9-14-27(26)32(29)33(3,4)31(35)20-16-25-15-18-28(30(36)24-25)34(6-2)21-11-12-23-40(37,38)39/h8-9,13-20,24H,5-7,10-12,21-23H2,1-4H3,(H-,36,37,38,39). The number of hydrogen-bond donors (Lipinski definition) is 1. The molecule has 4 rings (SSSR count). The van der Waals surface area contributed by atoms with E-state index >= 15 is 0 Å². The van der Waals surface area contributed by atoms with Gasteiger partial charge >= 0.3 is 0 Å². The second-order valence-corrected chi connectivity index (χ2v) is 12.7. The number of benzene rings is 3. The van der Waals surface area contributed by atoms with Crippen LogP contribution in [-0.4, -0.2) is 53.8 Å². The van der Waals surface area contributed by atoms with E-state index in [4.69, 9.17) is 0 Å².